The molecule has 5 nitrogen and oxygen atoms in total. The minimum absolute atomic E-state index is 0.125. The van der Waals surface area contributed by atoms with E-state index in [-0.39, 0.29) is 12.3 Å². The molecule has 0 aromatic rings. The van der Waals surface area contributed by atoms with Crippen LogP contribution in [0.2, 0.25) is 0 Å². The largest absolute Gasteiger partial charge is 0.481 e. The van der Waals surface area contributed by atoms with E-state index in [0.717, 1.165) is 26.2 Å². The Balaban J connectivity index is 2.06. The Morgan fingerprint density at radius 3 is 2.39 bits per heavy atom. The van der Waals surface area contributed by atoms with Crippen LogP contribution >= 0.6 is 0 Å². The standard InChI is InChI=1S/C13H24N2O3/c1-14(10-11-15-8-4-5-9-15)12(16)6-2-3-7-13(17)18/h2-11H2,1H3,(H,17,18). The molecule has 5 heteroatoms. The Morgan fingerprint density at radius 2 is 1.78 bits per heavy atom. The zero-order valence-electron chi connectivity index (χ0n) is 11.2. The maximum atomic E-state index is 11.8. The van der Waals surface area contributed by atoms with Gasteiger partial charge in [-0.25, -0.2) is 0 Å². The smallest absolute Gasteiger partial charge is 0.303 e. The van der Waals surface area contributed by atoms with Crippen LogP contribution in [0.25, 0.3) is 0 Å². The van der Waals surface area contributed by atoms with Crippen LogP contribution < -0.4 is 0 Å². The normalized spacial score (nSPS) is 15.8. The van der Waals surface area contributed by atoms with Crippen molar-refractivity contribution >= 4 is 11.9 Å². The summed E-state index contributed by atoms with van der Waals surface area (Å²) in [5, 5.41) is 8.49. The minimum Gasteiger partial charge on any atom is -0.481 e. The van der Waals surface area contributed by atoms with Crippen molar-refractivity contribution in [3.63, 3.8) is 0 Å². The van der Waals surface area contributed by atoms with Gasteiger partial charge in [0.25, 0.3) is 0 Å². The van der Waals surface area contributed by atoms with Crippen LogP contribution in [0, 0.1) is 0 Å². The van der Waals surface area contributed by atoms with Gasteiger partial charge in [-0.15, -0.1) is 0 Å². The predicted octanol–water partition coefficient (Wildman–Crippen LogP) is 1.19. The summed E-state index contributed by atoms with van der Waals surface area (Å²) in [6.07, 6.45) is 4.41. The van der Waals surface area contributed by atoms with E-state index in [4.69, 9.17) is 5.11 Å². The second-order valence-corrected chi connectivity index (χ2v) is 4.96. The third-order valence-corrected chi connectivity index (χ3v) is 3.41. The number of hydrogen-bond donors (Lipinski definition) is 1. The number of likely N-dealkylation sites (tertiary alicyclic amines) is 1. The highest BCUT2D eigenvalue weighted by atomic mass is 16.4. The van der Waals surface area contributed by atoms with Gasteiger partial charge in [0.05, 0.1) is 0 Å². The van der Waals surface area contributed by atoms with Crippen LogP contribution in [0.15, 0.2) is 0 Å². The molecule has 18 heavy (non-hydrogen) atoms. The molecule has 1 heterocycles. The highest BCUT2D eigenvalue weighted by Gasteiger charge is 2.14. The van der Waals surface area contributed by atoms with Crippen molar-refractivity contribution in [2.45, 2.75) is 38.5 Å². The minimum atomic E-state index is -0.787. The van der Waals surface area contributed by atoms with Gasteiger partial charge in [0, 0.05) is 33.0 Å². The van der Waals surface area contributed by atoms with Crippen molar-refractivity contribution in [2.75, 3.05) is 33.2 Å². The van der Waals surface area contributed by atoms with Gasteiger partial charge in [0.1, 0.15) is 0 Å². The fraction of sp³-hybridized carbons (Fsp3) is 0.846. The van der Waals surface area contributed by atoms with Gasteiger partial charge in [-0.05, 0) is 38.8 Å². The molecule has 0 radical (unpaired) electrons. The van der Waals surface area contributed by atoms with Gasteiger partial charge < -0.3 is 14.9 Å². The lowest BCUT2D eigenvalue weighted by Crippen LogP contribution is -2.35. The van der Waals surface area contributed by atoms with E-state index >= 15 is 0 Å². The summed E-state index contributed by atoms with van der Waals surface area (Å²) in [7, 11) is 1.83. The van der Waals surface area contributed by atoms with Crippen molar-refractivity contribution in [2.24, 2.45) is 0 Å². The summed E-state index contributed by atoms with van der Waals surface area (Å²) in [4.78, 5) is 26.2. The molecule has 0 aromatic heterocycles. The number of carbonyl (C=O) groups excluding carboxylic acids is 1. The van der Waals surface area contributed by atoms with Crippen LogP contribution in [-0.2, 0) is 9.59 Å². The number of rotatable bonds is 8. The molecule has 1 amide bonds. The molecule has 104 valence electrons. The summed E-state index contributed by atoms with van der Waals surface area (Å²) >= 11 is 0. The molecule has 1 fully saturated rings. The number of likely N-dealkylation sites (N-methyl/N-ethyl adjacent to an activating group) is 1. The molecule has 1 N–H and O–H groups in total. The average molecular weight is 256 g/mol. The van der Waals surface area contributed by atoms with Gasteiger partial charge in [-0.2, -0.15) is 0 Å². The Bertz CT molecular complexity index is 275. The van der Waals surface area contributed by atoms with Crippen molar-refractivity contribution in [3.8, 4) is 0 Å². The summed E-state index contributed by atoms with van der Waals surface area (Å²) < 4.78 is 0. The maximum absolute atomic E-state index is 11.8. The summed E-state index contributed by atoms with van der Waals surface area (Å²) in [5.41, 5.74) is 0. The molecule has 1 saturated heterocycles. The quantitative estimate of drug-likeness (QED) is 0.663. The van der Waals surface area contributed by atoms with Gasteiger partial charge in [-0.1, -0.05) is 0 Å². The monoisotopic (exact) mass is 256 g/mol. The molecule has 0 spiro atoms. The SMILES string of the molecule is CN(CCN1CCCC1)C(=O)CCCCC(=O)O. The average Bonchev–Trinajstić information content (AvgIpc) is 2.84. The Morgan fingerprint density at radius 1 is 1.17 bits per heavy atom. The topological polar surface area (TPSA) is 60.9 Å². The lowest BCUT2D eigenvalue weighted by Gasteiger charge is -2.21. The van der Waals surface area contributed by atoms with Crippen LogP contribution in [0.1, 0.15) is 38.5 Å². The summed E-state index contributed by atoms with van der Waals surface area (Å²) in [6.45, 7) is 4.04. The highest BCUT2D eigenvalue weighted by Crippen LogP contribution is 2.07. The zero-order chi connectivity index (χ0) is 13.4. The van der Waals surface area contributed by atoms with Gasteiger partial charge in [-0.3, -0.25) is 9.59 Å². The maximum Gasteiger partial charge on any atom is 0.303 e. The molecular weight excluding hydrogens is 232 g/mol. The number of aliphatic carboxylic acids is 1. The number of carboxylic acids is 1. The molecule has 1 aliphatic heterocycles. The Kier molecular flexibility index (Phi) is 6.72. The van der Waals surface area contributed by atoms with E-state index in [1.807, 2.05) is 7.05 Å². The second kappa shape index (κ2) is 8.08. The molecule has 1 aliphatic rings. The number of unbranched alkanes of at least 4 members (excludes halogenated alkanes) is 1. The Hall–Kier alpha value is -1.10. The first-order valence-corrected chi connectivity index (χ1v) is 6.77. The van der Waals surface area contributed by atoms with E-state index < -0.39 is 5.97 Å². The predicted molar refractivity (Wildman–Crippen MR) is 69.4 cm³/mol. The fourth-order valence-electron chi connectivity index (χ4n) is 2.17. The first-order valence-electron chi connectivity index (χ1n) is 6.77. The molecule has 0 aliphatic carbocycles. The molecule has 0 bridgehead atoms. The molecular formula is C13H24N2O3. The number of amides is 1. The number of carbonyl (C=O) groups is 2. The van der Waals surface area contributed by atoms with Crippen molar-refractivity contribution < 1.29 is 14.7 Å². The third-order valence-electron chi connectivity index (χ3n) is 3.41. The van der Waals surface area contributed by atoms with Crippen LogP contribution in [0.3, 0.4) is 0 Å². The highest BCUT2D eigenvalue weighted by molar-refractivity contribution is 5.75. The zero-order valence-corrected chi connectivity index (χ0v) is 11.2. The fourth-order valence-corrected chi connectivity index (χ4v) is 2.17. The number of nitrogens with zero attached hydrogens (tertiary/aromatic N) is 2. The van der Waals surface area contributed by atoms with E-state index in [1.54, 1.807) is 4.90 Å². The summed E-state index contributed by atoms with van der Waals surface area (Å²) in [6, 6.07) is 0. The Labute approximate surface area is 109 Å². The molecule has 1 rings (SSSR count). The van der Waals surface area contributed by atoms with Crippen molar-refractivity contribution in [3.05, 3.63) is 0 Å². The van der Waals surface area contributed by atoms with E-state index in [0.29, 0.717) is 19.3 Å². The third kappa shape index (κ3) is 6.00. The van der Waals surface area contributed by atoms with Gasteiger partial charge in [0.2, 0.25) is 5.91 Å². The van der Waals surface area contributed by atoms with E-state index in [2.05, 4.69) is 4.90 Å². The van der Waals surface area contributed by atoms with Crippen LogP contribution in [-0.4, -0.2) is 60.0 Å². The number of hydrogen-bond acceptors (Lipinski definition) is 3. The van der Waals surface area contributed by atoms with Crippen LogP contribution in [0.5, 0.6) is 0 Å². The van der Waals surface area contributed by atoms with Crippen molar-refractivity contribution in [1.29, 1.82) is 0 Å². The molecule has 0 aromatic carbocycles. The lowest BCUT2D eigenvalue weighted by molar-refractivity contribution is -0.137. The van der Waals surface area contributed by atoms with Crippen molar-refractivity contribution in [1.82, 2.24) is 9.80 Å². The van der Waals surface area contributed by atoms with Gasteiger partial charge in [0.15, 0.2) is 0 Å². The van der Waals surface area contributed by atoms with E-state index in [9.17, 15) is 9.59 Å². The lowest BCUT2D eigenvalue weighted by atomic mass is 10.2. The first-order chi connectivity index (χ1) is 8.59. The molecule has 0 saturated carbocycles. The van der Waals surface area contributed by atoms with Gasteiger partial charge >= 0.3 is 5.97 Å². The molecule has 0 atom stereocenters. The molecule has 0 unspecified atom stereocenters. The summed E-state index contributed by atoms with van der Waals surface area (Å²) in [5.74, 6) is -0.663. The second-order valence-electron chi connectivity index (χ2n) is 4.96. The first kappa shape index (κ1) is 15.0. The van der Waals surface area contributed by atoms with Crippen LogP contribution in [0.4, 0.5) is 0 Å². The number of carboxylic acid groups (broad SMARTS) is 1. The van der Waals surface area contributed by atoms with E-state index in [1.165, 1.54) is 12.8 Å².